The van der Waals surface area contributed by atoms with Crippen LogP contribution in [0.5, 0.6) is 0 Å². The molecule has 0 saturated heterocycles. The van der Waals surface area contributed by atoms with E-state index >= 15 is 0 Å². The number of rotatable bonds is 5. The van der Waals surface area contributed by atoms with Gasteiger partial charge in [0.25, 0.3) is 0 Å². The topological polar surface area (TPSA) is 76.7 Å². The zero-order chi connectivity index (χ0) is 9.68. The summed E-state index contributed by atoms with van der Waals surface area (Å²) in [7, 11) is 0. The van der Waals surface area contributed by atoms with E-state index in [0.717, 1.165) is 0 Å². The summed E-state index contributed by atoms with van der Waals surface area (Å²) in [6, 6.07) is 3.05. The Balaban J connectivity index is 2.36. The number of carbonyl (C=O) groups excluding carboxylic acids is 1. The van der Waals surface area contributed by atoms with Gasteiger partial charge in [-0.15, -0.1) is 0 Å². The fraction of sp³-hybridized carbons (Fsp3) is 0.250. The molecule has 0 bridgehead atoms. The second kappa shape index (κ2) is 4.42. The van der Waals surface area contributed by atoms with Crippen LogP contribution in [0.25, 0.3) is 0 Å². The van der Waals surface area contributed by atoms with Crippen LogP contribution in [0.4, 0.5) is 0 Å². The Bertz CT molecular complexity index is 301. The zero-order valence-corrected chi connectivity index (χ0v) is 6.73. The van der Waals surface area contributed by atoms with Gasteiger partial charge in [0.15, 0.2) is 12.0 Å². The smallest absolute Gasteiger partial charge is 0.329 e. The van der Waals surface area contributed by atoms with Crippen LogP contribution < -0.4 is 0 Å². The molecule has 0 spiro atoms. The maximum Gasteiger partial charge on any atom is 0.329 e. The molecular formula is C8H8O5. The van der Waals surface area contributed by atoms with Crippen molar-refractivity contribution in [3.63, 3.8) is 0 Å². The van der Waals surface area contributed by atoms with E-state index in [1.165, 1.54) is 6.07 Å². The third-order valence-corrected chi connectivity index (χ3v) is 1.27. The standard InChI is InChI=1S/C8H8O5/c9-3-6-1-2-7(13-6)4-12-5-8(10)11/h1-3H,4-5H2,(H,10,11). The van der Waals surface area contributed by atoms with Crippen molar-refractivity contribution in [2.45, 2.75) is 6.61 Å². The maximum atomic E-state index is 10.2. The first-order chi connectivity index (χ1) is 6.22. The first-order valence-electron chi connectivity index (χ1n) is 3.56. The van der Waals surface area contributed by atoms with E-state index in [1.807, 2.05) is 0 Å². The van der Waals surface area contributed by atoms with Gasteiger partial charge in [-0.05, 0) is 12.1 Å². The summed E-state index contributed by atoms with van der Waals surface area (Å²) >= 11 is 0. The van der Waals surface area contributed by atoms with Crippen LogP contribution >= 0.6 is 0 Å². The van der Waals surface area contributed by atoms with Gasteiger partial charge in [0, 0.05) is 0 Å². The molecule has 0 atom stereocenters. The van der Waals surface area contributed by atoms with Crippen LogP contribution in [0.1, 0.15) is 16.3 Å². The van der Waals surface area contributed by atoms with E-state index in [2.05, 4.69) is 0 Å². The summed E-state index contributed by atoms with van der Waals surface area (Å²) in [5.74, 6) is -0.403. The minimum atomic E-state index is -1.04. The molecule has 0 saturated carbocycles. The second-order valence-corrected chi connectivity index (χ2v) is 2.31. The average Bonchev–Trinajstić information content (AvgIpc) is 2.52. The molecule has 0 radical (unpaired) electrons. The molecule has 1 rings (SSSR count). The Labute approximate surface area is 73.9 Å². The van der Waals surface area contributed by atoms with Crippen LogP contribution in [0.2, 0.25) is 0 Å². The van der Waals surface area contributed by atoms with Gasteiger partial charge in [0.05, 0.1) is 0 Å². The van der Waals surface area contributed by atoms with Gasteiger partial charge in [-0.1, -0.05) is 0 Å². The van der Waals surface area contributed by atoms with Gasteiger partial charge in [-0.2, -0.15) is 0 Å². The Morgan fingerprint density at radius 1 is 1.62 bits per heavy atom. The number of hydrogen-bond donors (Lipinski definition) is 1. The van der Waals surface area contributed by atoms with Gasteiger partial charge < -0.3 is 14.3 Å². The molecule has 0 aliphatic heterocycles. The highest BCUT2D eigenvalue weighted by Crippen LogP contribution is 2.06. The number of carboxylic acid groups (broad SMARTS) is 1. The summed E-state index contributed by atoms with van der Waals surface area (Å²) < 4.78 is 9.66. The molecular weight excluding hydrogens is 176 g/mol. The summed E-state index contributed by atoms with van der Waals surface area (Å²) in [5.41, 5.74) is 0. The van der Waals surface area contributed by atoms with Gasteiger partial charge in [0.1, 0.15) is 19.0 Å². The molecule has 13 heavy (non-hydrogen) atoms. The minimum absolute atomic E-state index is 0.0557. The maximum absolute atomic E-state index is 10.2. The monoisotopic (exact) mass is 184 g/mol. The van der Waals surface area contributed by atoms with Crippen LogP contribution in [0.3, 0.4) is 0 Å². The van der Waals surface area contributed by atoms with Crippen molar-refractivity contribution >= 4 is 12.3 Å². The molecule has 0 amide bonds. The van der Waals surface area contributed by atoms with Crippen molar-refractivity contribution in [1.29, 1.82) is 0 Å². The number of carbonyl (C=O) groups is 2. The van der Waals surface area contributed by atoms with E-state index in [-0.39, 0.29) is 19.0 Å². The SMILES string of the molecule is O=Cc1ccc(COCC(=O)O)o1. The molecule has 5 nitrogen and oxygen atoms in total. The lowest BCUT2D eigenvalue weighted by Gasteiger charge is -1.96. The summed E-state index contributed by atoms with van der Waals surface area (Å²) in [6.45, 7) is -0.322. The third-order valence-electron chi connectivity index (χ3n) is 1.27. The summed E-state index contributed by atoms with van der Waals surface area (Å²) in [4.78, 5) is 20.2. The van der Waals surface area contributed by atoms with Crippen molar-refractivity contribution < 1.29 is 23.8 Å². The predicted molar refractivity (Wildman–Crippen MR) is 41.4 cm³/mol. The molecule has 0 fully saturated rings. The summed E-state index contributed by atoms with van der Waals surface area (Å²) in [5, 5.41) is 8.23. The van der Waals surface area contributed by atoms with Gasteiger partial charge in [0.2, 0.25) is 0 Å². The lowest BCUT2D eigenvalue weighted by Crippen LogP contribution is -2.06. The van der Waals surface area contributed by atoms with Crippen LogP contribution in [-0.2, 0) is 16.1 Å². The van der Waals surface area contributed by atoms with Gasteiger partial charge in [-0.25, -0.2) is 4.79 Å². The molecule has 1 aromatic heterocycles. The fourth-order valence-electron chi connectivity index (χ4n) is 0.774. The molecule has 1 heterocycles. The van der Waals surface area contributed by atoms with Crippen molar-refractivity contribution in [1.82, 2.24) is 0 Å². The molecule has 70 valence electrons. The molecule has 0 aliphatic rings. The number of aldehydes is 1. The van der Waals surface area contributed by atoms with Crippen molar-refractivity contribution in [2.24, 2.45) is 0 Å². The number of aliphatic carboxylic acids is 1. The Morgan fingerprint density at radius 2 is 2.38 bits per heavy atom. The quantitative estimate of drug-likeness (QED) is 0.681. The van der Waals surface area contributed by atoms with E-state index < -0.39 is 5.97 Å². The molecule has 0 aliphatic carbocycles. The molecule has 1 aromatic rings. The number of carboxylic acids is 1. The number of hydrogen-bond acceptors (Lipinski definition) is 4. The number of ether oxygens (including phenoxy) is 1. The van der Waals surface area contributed by atoms with E-state index in [0.29, 0.717) is 12.0 Å². The van der Waals surface area contributed by atoms with Crippen LogP contribution in [0.15, 0.2) is 16.5 Å². The highest BCUT2D eigenvalue weighted by atomic mass is 16.5. The lowest BCUT2D eigenvalue weighted by molar-refractivity contribution is -0.142. The van der Waals surface area contributed by atoms with Gasteiger partial charge >= 0.3 is 5.97 Å². The fourth-order valence-corrected chi connectivity index (χ4v) is 0.774. The van der Waals surface area contributed by atoms with E-state index in [9.17, 15) is 9.59 Å². The first-order valence-corrected chi connectivity index (χ1v) is 3.56. The van der Waals surface area contributed by atoms with Crippen LogP contribution in [0, 0.1) is 0 Å². The second-order valence-electron chi connectivity index (χ2n) is 2.31. The van der Waals surface area contributed by atoms with Crippen molar-refractivity contribution in [3.05, 3.63) is 23.7 Å². The number of furan rings is 1. The van der Waals surface area contributed by atoms with Crippen molar-refractivity contribution in [3.8, 4) is 0 Å². The molecule has 5 heteroatoms. The van der Waals surface area contributed by atoms with Crippen molar-refractivity contribution in [2.75, 3.05) is 6.61 Å². The average molecular weight is 184 g/mol. The third kappa shape index (κ3) is 3.08. The predicted octanol–water partition coefficient (Wildman–Crippen LogP) is 0.693. The Hall–Kier alpha value is -1.62. The van der Waals surface area contributed by atoms with E-state index in [1.54, 1.807) is 6.07 Å². The van der Waals surface area contributed by atoms with Gasteiger partial charge in [-0.3, -0.25) is 4.79 Å². The Kier molecular flexibility index (Phi) is 3.22. The van der Waals surface area contributed by atoms with E-state index in [4.69, 9.17) is 14.3 Å². The minimum Gasteiger partial charge on any atom is -0.480 e. The summed E-state index contributed by atoms with van der Waals surface area (Å²) in [6.07, 6.45) is 0.570. The zero-order valence-electron chi connectivity index (χ0n) is 6.73. The molecule has 1 N–H and O–H groups in total. The normalized spacial score (nSPS) is 9.85. The Morgan fingerprint density at radius 3 is 2.92 bits per heavy atom. The molecule has 0 unspecified atom stereocenters. The highest BCUT2D eigenvalue weighted by Gasteiger charge is 2.02. The van der Waals surface area contributed by atoms with Crippen LogP contribution in [-0.4, -0.2) is 24.0 Å². The lowest BCUT2D eigenvalue weighted by atomic mass is 10.4. The molecule has 0 aromatic carbocycles. The largest absolute Gasteiger partial charge is 0.480 e. The first kappa shape index (κ1) is 9.47. The highest BCUT2D eigenvalue weighted by molar-refractivity contribution is 5.70.